The molecule has 3 rings (SSSR count). The molecular weight excluding hydrogens is 298 g/mol. The topological polar surface area (TPSA) is 60.2 Å². The van der Waals surface area contributed by atoms with Crippen LogP contribution in [-0.4, -0.2) is 36.9 Å². The lowest BCUT2D eigenvalue weighted by Gasteiger charge is -2.33. The fourth-order valence-electron chi connectivity index (χ4n) is 2.55. The number of hydrogen-bond donors (Lipinski definition) is 1. The molecule has 1 N–H and O–H groups in total. The van der Waals surface area contributed by atoms with Crippen LogP contribution in [0.15, 0.2) is 21.3 Å². The summed E-state index contributed by atoms with van der Waals surface area (Å²) < 4.78 is 10.9. The average molecular weight is 316 g/mol. The van der Waals surface area contributed by atoms with E-state index in [0.717, 1.165) is 31.5 Å². The van der Waals surface area contributed by atoms with Crippen LogP contribution in [0.1, 0.15) is 18.7 Å². The molecule has 0 saturated carbocycles. The molecule has 0 spiro atoms. The van der Waals surface area contributed by atoms with Gasteiger partial charge in [0.05, 0.1) is 12.0 Å². The zero-order valence-corrected chi connectivity index (χ0v) is 12.9. The van der Waals surface area contributed by atoms with Crippen LogP contribution in [0.3, 0.4) is 0 Å². The van der Waals surface area contributed by atoms with Gasteiger partial charge >= 0.3 is 0 Å². The third-order valence-electron chi connectivity index (χ3n) is 3.64. The van der Waals surface area contributed by atoms with Crippen molar-refractivity contribution in [2.45, 2.75) is 18.3 Å². The number of halogens is 1. The predicted molar refractivity (Wildman–Crippen MR) is 80.5 cm³/mol. The predicted octanol–water partition coefficient (Wildman–Crippen LogP) is 2.49. The van der Waals surface area contributed by atoms with Crippen LogP contribution in [0, 0.1) is 0 Å². The van der Waals surface area contributed by atoms with Gasteiger partial charge in [-0.05, 0) is 37.4 Å². The van der Waals surface area contributed by atoms with Crippen molar-refractivity contribution in [1.82, 2.24) is 15.5 Å². The van der Waals surface area contributed by atoms with Crippen molar-refractivity contribution < 1.29 is 9.26 Å². The molecule has 1 fully saturated rings. The van der Waals surface area contributed by atoms with Gasteiger partial charge in [0.1, 0.15) is 0 Å². The van der Waals surface area contributed by atoms with E-state index >= 15 is 0 Å². The lowest BCUT2D eigenvalue weighted by atomic mass is 9.79. The number of methoxy groups -OCH3 is 1. The number of aromatic nitrogens is 2. The van der Waals surface area contributed by atoms with Gasteiger partial charge in [0.2, 0.25) is 11.7 Å². The van der Waals surface area contributed by atoms with E-state index in [9.17, 15) is 0 Å². The molecule has 20 heavy (non-hydrogen) atoms. The fourth-order valence-corrected chi connectivity index (χ4v) is 3.18. The highest BCUT2D eigenvalue weighted by Gasteiger charge is 2.39. The third-order valence-corrected chi connectivity index (χ3v) is 4.32. The summed E-state index contributed by atoms with van der Waals surface area (Å²) in [5.74, 6) is 1.38. The Morgan fingerprint density at radius 2 is 2.25 bits per heavy atom. The Bertz CT molecular complexity index is 518. The van der Waals surface area contributed by atoms with Crippen LogP contribution in [0.4, 0.5) is 0 Å². The van der Waals surface area contributed by atoms with Crippen LogP contribution in [-0.2, 0) is 10.2 Å². The van der Waals surface area contributed by atoms with Crippen molar-refractivity contribution in [1.29, 1.82) is 0 Å². The van der Waals surface area contributed by atoms with Crippen LogP contribution in [0.5, 0.6) is 0 Å². The molecule has 2 aromatic heterocycles. The minimum absolute atomic E-state index is 0. The Morgan fingerprint density at radius 3 is 2.90 bits per heavy atom. The summed E-state index contributed by atoms with van der Waals surface area (Å²) in [5, 5.41) is 11.5. The monoisotopic (exact) mass is 315 g/mol. The normalized spacial score (nSPS) is 17.6. The summed E-state index contributed by atoms with van der Waals surface area (Å²) >= 11 is 1.63. The van der Waals surface area contributed by atoms with E-state index in [0.29, 0.717) is 18.3 Å². The van der Waals surface area contributed by atoms with Crippen molar-refractivity contribution in [2.24, 2.45) is 0 Å². The van der Waals surface area contributed by atoms with Crippen molar-refractivity contribution in [3.63, 3.8) is 0 Å². The molecule has 0 aliphatic carbocycles. The maximum atomic E-state index is 5.52. The number of nitrogens with zero attached hydrogens (tertiary/aromatic N) is 2. The zero-order valence-electron chi connectivity index (χ0n) is 11.3. The Kier molecular flexibility index (Phi) is 5.15. The number of piperidine rings is 1. The van der Waals surface area contributed by atoms with Gasteiger partial charge in [0.15, 0.2) is 0 Å². The molecule has 1 aliphatic rings. The highest BCUT2D eigenvalue weighted by Crippen LogP contribution is 2.34. The molecule has 3 heterocycles. The molecule has 0 amide bonds. The largest absolute Gasteiger partial charge is 0.384 e. The van der Waals surface area contributed by atoms with Crippen molar-refractivity contribution in [3.05, 3.63) is 22.7 Å². The molecule has 0 atom stereocenters. The molecule has 110 valence electrons. The van der Waals surface area contributed by atoms with Crippen LogP contribution >= 0.6 is 23.7 Å². The van der Waals surface area contributed by atoms with E-state index in [1.807, 2.05) is 16.8 Å². The molecule has 2 aromatic rings. The van der Waals surface area contributed by atoms with Crippen LogP contribution in [0.25, 0.3) is 11.4 Å². The Balaban J connectivity index is 0.00000147. The van der Waals surface area contributed by atoms with Crippen LogP contribution in [0.2, 0.25) is 0 Å². The highest BCUT2D eigenvalue weighted by atomic mass is 35.5. The van der Waals surface area contributed by atoms with E-state index in [-0.39, 0.29) is 17.8 Å². The number of rotatable bonds is 4. The summed E-state index contributed by atoms with van der Waals surface area (Å²) in [5.41, 5.74) is 0.878. The molecule has 1 saturated heterocycles. The van der Waals surface area contributed by atoms with E-state index in [1.54, 1.807) is 18.4 Å². The van der Waals surface area contributed by atoms with Crippen molar-refractivity contribution in [2.75, 3.05) is 26.8 Å². The SMILES string of the molecule is COCC1(c2nc(-c3ccsc3)no2)CCNCC1.Cl. The maximum Gasteiger partial charge on any atom is 0.235 e. The van der Waals surface area contributed by atoms with Gasteiger partial charge < -0.3 is 14.6 Å². The fraction of sp³-hybridized carbons (Fsp3) is 0.538. The van der Waals surface area contributed by atoms with Gasteiger partial charge in [-0.3, -0.25) is 0 Å². The maximum absolute atomic E-state index is 5.52. The first-order valence-corrected chi connectivity index (χ1v) is 7.35. The van der Waals surface area contributed by atoms with Gasteiger partial charge in [-0.25, -0.2) is 0 Å². The average Bonchev–Trinajstić information content (AvgIpc) is 3.11. The molecule has 0 bridgehead atoms. The minimum atomic E-state index is -0.138. The van der Waals surface area contributed by atoms with E-state index in [2.05, 4.69) is 15.5 Å². The highest BCUT2D eigenvalue weighted by molar-refractivity contribution is 7.08. The summed E-state index contributed by atoms with van der Waals surface area (Å²) in [4.78, 5) is 4.59. The van der Waals surface area contributed by atoms with E-state index in [4.69, 9.17) is 9.26 Å². The number of ether oxygens (including phenoxy) is 1. The molecule has 1 aliphatic heterocycles. The smallest absolute Gasteiger partial charge is 0.235 e. The minimum Gasteiger partial charge on any atom is -0.384 e. The number of hydrogen-bond acceptors (Lipinski definition) is 6. The second kappa shape index (κ2) is 6.67. The molecular formula is C13H18ClN3O2S. The van der Waals surface area contributed by atoms with E-state index in [1.165, 1.54) is 0 Å². The lowest BCUT2D eigenvalue weighted by molar-refractivity contribution is 0.0850. The third kappa shape index (κ3) is 2.88. The van der Waals surface area contributed by atoms with Crippen molar-refractivity contribution in [3.8, 4) is 11.4 Å². The zero-order chi connectivity index (χ0) is 13.1. The molecule has 0 unspecified atom stereocenters. The summed E-state index contributed by atoms with van der Waals surface area (Å²) in [6.45, 7) is 2.54. The van der Waals surface area contributed by atoms with Crippen molar-refractivity contribution >= 4 is 23.7 Å². The quantitative estimate of drug-likeness (QED) is 0.939. The Morgan fingerprint density at radius 1 is 1.45 bits per heavy atom. The molecule has 0 radical (unpaired) electrons. The summed E-state index contributed by atoms with van der Waals surface area (Å²) in [6, 6.07) is 2.00. The summed E-state index contributed by atoms with van der Waals surface area (Å²) in [7, 11) is 1.72. The van der Waals surface area contributed by atoms with Gasteiger partial charge in [-0.2, -0.15) is 16.3 Å². The van der Waals surface area contributed by atoms with Crippen LogP contribution < -0.4 is 5.32 Å². The molecule has 7 heteroatoms. The Labute approximate surface area is 128 Å². The number of nitrogens with one attached hydrogen (secondary N) is 1. The second-order valence-electron chi connectivity index (χ2n) is 4.90. The molecule has 5 nitrogen and oxygen atoms in total. The first-order chi connectivity index (χ1) is 9.34. The van der Waals surface area contributed by atoms with Gasteiger partial charge in [-0.15, -0.1) is 12.4 Å². The van der Waals surface area contributed by atoms with Gasteiger partial charge in [-0.1, -0.05) is 5.16 Å². The first kappa shape index (κ1) is 15.4. The molecule has 0 aromatic carbocycles. The number of thiophene rings is 1. The second-order valence-corrected chi connectivity index (χ2v) is 5.68. The summed E-state index contributed by atoms with van der Waals surface area (Å²) in [6.07, 6.45) is 1.93. The lowest BCUT2D eigenvalue weighted by Crippen LogP contribution is -2.43. The Hall–Kier alpha value is -0.950. The standard InChI is InChI=1S/C13H17N3O2S.ClH/c1-17-9-13(3-5-14-6-4-13)12-15-11(16-18-12)10-2-7-19-8-10;/h2,7-8,14H,3-6,9H2,1H3;1H. The van der Waals surface area contributed by atoms with Gasteiger partial charge in [0, 0.05) is 18.1 Å². The van der Waals surface area contributed by atoms with E-state index < -0.39 is 0 Å². The van der Waals surface area contributed by atoms with Gasteiger partial charge in [0.25, 0.3) is 0 Å². The first-order valence-electron chi connectivity index (χ1n) is 6.40.